The van der Waals surface area contributed by atoms with E-state index in [0.29, 0.717) is 0 Å². The van der Waals surface area contributed by atoms with Gasteiger partial charge in [0.2, 0.25) is 6.08 Å². The Hall–Kier alpha value is -1.97. The molecule has 1 unspecified atom stereocenters. The molecule has 103 valence electrons. The fraction of sp³-hybridized carbons (Fsp3) is 0.429. The van der Waals surface area contributed by atoms with Crippen LogP contribution >= 0.6 is 0 Å². The summed E-state index contributed by atoms with van der Waals surface area (Å²) in [6.45, 7) is 2.11. The number of hydrogen-bond donors (Lipinski definition) is 1. The van der Waals surface area contributed by atoms with E-state index in [1.807, 2.05) is 13.0 Å². The second-order valence-corrected chi connectivity index (χ2v) is 3.82. The number of aliphatic imine (C=N–C) groups is 1. The molecule has 0 bridgehead atoms. The predicted octanol–water partition coefficient (Wildman–Crippen LogP) is 2.24. The molecule has 1 atom stereocenters. The molecule has 19 heavy (non-hydrogen) atoms. The molecule has 5 heteroatoms. The Bertz CT molecular complexity index is 395. The van der Waals surface area contributed by atoms with Crippen LogP contribution in [0.1, 0.15) is 25.3 Å². The molecule has 1 aromatic carbocycles. The van der Waals surface area contributed by atoms with Gasteiger partial charge in [-0.1, -0.05) is 43.7 Å². The van der Waals surface area contributed by atoms with Crippen LogP contribution in [0.25, 0.3) is 0 Å². The lowest BCUT2D eigenvalue weighted by atomic mass is 10.1. The topological polar surface area (TPSA) is 86.6 Å². The first-order valence-corrected chi connectivity index (χ1v) is 6.07. The molecule has 5 nitrogen and oxygen atoms in total. The molecule has 0 aliphatic heterocycles. The molecule has 1 aromatic rings. The summed E-state index contributed by atoms with van der Waals surface area (Å²) in [6.07, 6.45) is 3.34. The molecule has 0 amide bonds. The normalized spacial score (nSPS) is 10.6. The summed E-state index contributed by atoms with van der Waals surface area (Å²) in [5, 5.41) is 18.2. The minimum atomic E-state index is -1.11. The van der Waals surface area contributed by atoms with E-state index in [0.717, 1.165) is 18.4 Å². The van der Waals surface area contributed by atoms with E-state index in [2.05, 4.69) is 4.99 Å². The van der Waals surface area contributed by atoms with Gasteiger partial charge in [0.15, 0.2) is 6.04 Å². The number of carboxylic acid groups (broad SMARTS) is 1. The number of carboxylic acids is 1. The van der Waals surface area contributed by atoms with Crippen LogP contribution in [-0.4, -0.2) is 29.8 Å². The van der Waals surface area contributed by atoms with Crippen molar-refractivity contribution in [1.82, 2.24) is 0 Å². The minimum Gasteiger partial charge on any atom is -0.480 e. The maximum absolute atomic E-state index is 10.6. The molecule has 0 fully saturated rings. The van der Waals surface area contributed by atoms with E-state index in [4.69, 9.17) is 5.11 Å². The van der Waals surface area contributed by atoms with E-state index in [1.54, 1.807) is 24.3 Å². The van der Waals surface area contributed by atoms with Gasteiger partial charge in [0.05, 0.1) is 6.61 Å². The quantitative estimate of drug-likeness (QED) is 0.631. The molecule has 0 aliphatic rings. The Morgan fingerprint density at radius 2 is 2.00 bits per heavy atom. The van der Waals surface area contributed by atoms with E-state index in [1.165, 1.54) is 6.08 Å². The van der Waals surface area contributed by atoms with Crippen molar-refractivity contribution in [2.75, 3.05) is 6.61 Å². The smallest absolute Gasteiger partial charge is 0.329 e. The summed E-state index contributed by atoms with van der Waals surface area (Å²) in [7, 11) is 0. The lowest BCUT2D eigenvalue weighted by Gasteiger charge is -2.04. The number of unbranched alkanes of at least 4 members (excludes halogenated alkanes) is 1. The maximum atomic E-state index is 10.6. The van der Waals surface area contributed by atoms with Gasteiger partial charge in [0.1, 0.15) is 0 Å². The summed E-state index contributed by atoms with van der Waals surface area (Å²) in [4.78, 5) is 23.8. The van der Waals surface area contributed by atoms with Crippen molar-refractivity contribution in [2.45, 2.75) is 32.2 Å². The Balaban J connectivity index is 0.000000555. The number of carbonyl (C=O) groups excluding carboxylic acids is 1. The average Bonchev–Trinajstić information content (AvgIpc) is 2.41. The van der Waals surface area contributed by atoms with Crippen LogP contribution in [0.3, 0.4) is 0 Å². The summed E-state index contributed by atoms with van der Waals surface area (Å²) in [6, 6.07) is 7.99. The van der Waals surface area contributed by atoms with Crippen molar-refractivity contribution in [3.05, 3.63) is 35.9 Å². The fourth-order valence-corrected chi connectivity index (χ4v) is 1.23. The van der Waals surface area contributed by atoms with E-state index >= 15 is 0 Å². The summed E-state index contributed by atoms with van der Waals surface area (Å²) >= 11 is 0. The van der Waals surface area contributed by atoms with Crippen LogP contribution in [0.2, 0.25) is 0 Å². The first kappa shape index (κ1) is 17.0. The monoisotopic (exact) mass is 264 g/mol. The number of carbonyl (C=O) groups is 1. The third kappa shape index (κ3) is 8.71. The Morgan fingerprint density at radius 3 is 2.37 bits per heavy atom. The van der Waals surface area contributed by atoms with Gasteiger partial charge >= 0.3 is 5.97 Å². The second kappa shape index (κ2) is 11.1. The molecular weight excluding hydrogens is 246 g/mol. The Kier molecular flexibility index (Phi) is 9.98. The van der Waals surface area contributed by atoms with Crippen LogP contribution in [0.5, 0.6) is 0 Å². The van der Waals surface area contributed by atoms with Crippen LogP contribution in [0.4, 0.5) is 0 Å². The van der Waals surface area contributed by atoms with E-state index in [-0.39, 0.29) is 13.0 Å². The molecule has 1 rings (SSSR count). The highest BCUT2D eigenvalue weighted by molar-refractivity contribution is 5.75. The molecule has 0 spiro atoms. The summed E-state index contributed by atoms with van der Waals surface area (Å²) in [5.41, 5.74) is 0.832. The van der Waals surface area contributed by atoms with Gasteiger partial charge in [-0.25, -0.2) is 14.7 Å². The number of aliphatic carboxylic acids is 1. The number of isocyanates is 1. The number of rotatable bonds is 6. The van der Waals surface area contributed by atoms with Gasteiger partial charge in [-0.2, -0.15) is 4.99 Å². The first-order valence-electron chi connectivity index (χ1n) is 6.07. The predicted molar refractivity (Wildman–Crippen MR) is 70.2 cm³/mol. The van der Waals surface area contributed by atoms with Crippen LogP contribution in [-0.2, 0) is 21.1 Å². The number of nitrogens with zero attached hydrogens (tertiary/aromatic N) is 1. The Morgan fingerprint density at radius 1 is 1.37 bits per heavy atom. The standard InChI is InChI=1S/C10H9NO3.C4H9O/c12-7-11-9(10(13)14)6-8-4-2-1-3-5-8;1-2-3-4-5/h1-5,9H,6H2,(H,13,14);2-4H2,1H3. The van der Waals surface area contributed by atoms with Crippen molar-refractivity contribution in [2.24, 2.45) is 4.99 Å². The van der Waals surface area contributed by atoms with Gasteiger partial charge in [-0.3, -0.25) is 0 Å². The number of hydrogen-bond acceptors (Lipinski definition) is 3. The van der Waals surface area contributed by atoms with Gasteiger partial charge in [-0.15, -0.1) is 0 Å². The van der Waals surface area contributed by atoms with Crippen molar-refractivity contribution in [3.63, 3.8) is 0 Å². The first-order chi connectivity index (χ1) is 9.15. The molecule has 0 aliphatic carbocycles. The minimum absolute atomic E-state index is 0.0938. The van der Waals surface area contributed by atoms with Gasteiger partial charge in [0, 0.05) is 6.42 Å². The third-order valence-corrected chi connectivity index (χ3v) is 2.26. The van der Waals surface area contributed by atoms with E-state index in [9.17, 15) is 14.7 Å². The maximum Gasteiger partial charge on any atom is 0.329 e. The zero-order valence-electron chi connectivity index (χ0n) is 10.9. The Labute approximate surface area is 112 Å². The molecule has 1 radical (unpaired) electrons. The fourth-order valence-electron chi connectivity index (χ4n) is 1.23. The zero-order chi connectivity index (χ0) is 14.5. The van der Waals surface area contributed by atoms with Crippen LogP contribution in [0, 0.1) is 0 Å². The zero-order valence-corrected chi connectivity index (χ0v) is 10.9. The molecule has 0 aromatic heterocycles. The SMILES string of the molecule is CCCC[O].O=C=NC(Cc1ccccc1)C(=O)O. The largest absolute Gasteiger partial charge is 0.480 e. The van der Waals surface area contributed by atoms with Crippen LogP contribution < -0.4 is 0 Å². The van der Waals surface area contributed by atoms with Gasteiger partial charge in [0.25, 0.3) is 0 Å². The van der Waals surface area contributed by atoms with Crippen molar-refractivity contribution < 1.29 is 19.8 Å². The number of benzene rings is 1. The summed E-state index contributed by atoms with van der Waals surface area (Å²) in [5.74, 6) is -1.11. The molecule has 0 saturated carbocycles. The highest BCUT2D eigenvalue weighted by atomic mass is 16.4. The lowest BCUT2D eigenvalue weighted by Crippen LogP contribution is -2.20. The highest BCUT2D eigenvalue weighted by Gasteiger charge is 2.16. The molecule has 1 N–H and O–H groups in total. The average molecular weight is 264 g/mol. The molecule has 0 heterocycles. The van der Waals surface area contributed by atoms with Gasteiger partial charge in [-0.05, 0) is 12.0 Å². The van der Waals surface area contributed by atoms with Crippen LogP contribution in [0.15, 0.2) is 35.3 Å². The van der Waals surface area contributed by atoms with E-state index < -0.39 is 12.0 Å². The molecule has 0 saturated heterocycles. The van der Waals surface area contributed by atoms with Crippen molar-refractivity contribution in [3.8, 4) is 0 Å². The van der Waals surface area contributed by atoms with Crippen molar-refractivity contribution in [1.29, 1.82) is 0 Å². The second-order valence-electron chi connectivity index (χ2n) is 3.82. The lowest BCUT2D eigenvalue weighted by molar-refractivity contribution is -0.138. The van der Waals surface area contributed by atoms with Crippen molar-refractivity contribution >= 4 is 12.0 Å². The third-order valence-electron chi connectivity index (χ3n) is 2.26. The summed E-state index contributed by atoms with van der Waals surface area (Å²) < 4.78 is 0. The highest BCUT2D eigenvalue weighted by Crippen LogP contribution is 2.05. The molecular formula is C14H18NO4. The van der Waals surface area contributed by atoms with Gasteiger partial charge < -0.3 is 5.11 Å².